The molecule has 1 saturated carbocycles. The molecule has 21 heavy (non-hydrogen) atoms. The van der Waals surface area contributed by atoms with Crippen molar-refractivity contribution in [3.8, 4) is 0 Å². The Bertz CT molecular complexity index is 327. The van der Waals surface area contributed by atoms with Gasteiger partial charge < -0.3 is 10.1 Å². The average Bonchev–Trinajstić information content (AvgIpc) is 2.71. The standard InChI is InChI=1S/C18H36N2O/c1-15(2)19-11-18(9-7-8-10-18)14-20-12-16(3,4)21-17(5,6)13-20/h15,19H,7-14H2,1-6H3. The molecule has 1 heterocycles. The van der Waals surface area contributed by atoms with Gasteiger partial charge in [0.1, 0.15) is 0 Å². The Morgan fingerprint density at radius 2 is 1.52 bits per heavy atom. The van der Waals surface area contributed by atoms with Gasteiger partial charge in [-0.05, 0) is 46.0 Å². The molecule has 0 atom stereocenters. The summed E-state index contributed by atoms with van der Waals surface area (Å²) < 4.78 is 6.23. The van der Waals surface area contributed by atoms with Gasteiger partial charge in [0.2, 0.25) is 0 Å². The summed E-state index contributed by atoms with van der Waals surface area (Å²) in [7, 11) is 0. The molecule has 0 aromatic rings. The van der Waals surface area contributed by atoms with E-state index in [0.29, 0.717) is 11.5 Å². The highest BCUT2D eigenvalue weighted by molar-refractivity contribution is 4.95. The highest BCUT2D eigenvalue weighted by Crippen LogP contribution is 2.40. The van der Waals surface area contributed by atoms with Crippen molar-refractivity contribution < 1.29 is 4.74 Å². The third-order valence-electron chi connectivity index (χ3n) is 4.87. The van der Waals surface area contributed by atoms with E-state index in [4.69, 9.17) is 4.74 Å². The molecule has 2 aliphatic rings. The van der Waals surface area contributed by atoms with Gasteiger partial charge in [-0.15, -0.1) is 0 Å². The number of hydrogen-bond donors (Lipinski definition) is 1. The van der Waals surface area contributed by atoms with Crippen LogP contribution in [0.15, 0.2) is 0 Å². The van der Waals surface area contributed by atoms with Crippen LogP contribution in [-0.2, 0) is 4.74 Å². The number of nitrogens with zero attached hydrogens (tertiary/aromatic N) is 1. The van der Waals surface area contributed by atoms with Gasteiger partial charge >= 0.3 is 0 Å². The molecule has 1 saturated heterocycles. The molecule has 2 fully saturated rings. The van der Waals surface area contributed by atoms with Crippen molar-refractivity contribution in [3.63, 3.8) is 0 Å². The lowest BCUT2D eigenvalue weighted by molar-refractivity contribution is -0.184. The summed E-state index contributed by atoms with van der Waals surface area (Å²) in [5, 5.41) is 3.70. The summed E-state index contributed by atoms with van der Waals surface area (Å²) in [5.41, 5.74) is 0.411. The molecule has 0 amide bonds. The Hall–Kier alpha value is -0.120. The molecule has 1 aliphatic carbocycles. The SMILES string of the molecule is CC(C)NCC1(CN2CC(C)(C)OC(C)(C)C2)CCCC1. The highest BCUT2D eigenvalue weighted by atomic mass is 16.5. The minimum absolute atomic E-state index is 0.0347. The average molecular weight is 296 g/mol. The summed E-state index contributed by atoms with van der Waals surface area (Å²) in [6, 6.07) is 0.583. The van der Waals surface area contributed by atoms with E-state index in [1.165, 1.54) is 38.8 Å². The van der Waals surface area contributed by atoms with Crippen LogP contribution in [0.1, 0.15) is 67.2 Å². The van der Waals surface area contributed by atoms with Crippen LogP contribution in [-0.4, -0.2) is 48.3 Å². The maximum absolute atomic E-state index is 6.23. The van der Waals surface area contributed by atoms with Crippen LogP contribution in [0.5, 0.6) is 0 Å². The smallest absolute Gasteiger partial charge is 0.0760 e. The molecule has 0 unspecified atom stereocenters. The van der Waals surface area contributed by atoms with Crippen LogP contribution < -0.4 is 5.32 Å². The molecule has 0 bridgehead atoms. The molecule has 0 aromatic carbocycles. The van der Waals surface area contributed by atoms with E-state index in [0.717, 1.165) is 13.1 Å². The van der Waals surface area contributed by atoms with Gasteiger partial charge in [-0.2, -0.15) is 0 Å². The Morgan fingerprint density at radius 3 is 2.00 bits per heavy atom. The molecule has 2 rings (SSSR count). The van der Waals surface area contributed by atoms with Crippen molar-refractivity contribution in [2.45, 2.75) is 84.5 Å². The van der Waals surface area contributed by atoms with Crippen LogP contribution in [0.4, 0.5) is 0 Å². The van der Waals surface area contributed by atoms with Crippen LogP contribution >= 0.6 is 0 Å². The van der Waals surface area contributed by atoms with E-state index >= 15 is 0 Å². The minimum atomic E-state index is -0.0347. The topological polar surface area (TPSA) is 24.5 Å². The van der Waals surface area contributed by atoms with E-state index in [1.54, 1.807) is 0 Å². The van der Waals surface area contributed by atoms with Gasteiger partial charge in [-0.3, -0.25) is 4.90 Å². The Labute approximate surface area is 131 Å². The predicted octanol–water partition coefficient (Wildman–Crippen LogP) is 3.43. The number of ether oxygens (including phenoxy) is 1. The van der Waals surface area contributed by atoms with Gasteiger partial charge in [0.25, 0.3) is 0 Å². The second-order valence-corrected chi connectivity index (χ2v) is 9.01. The molecule has 1 N–H and O–H groups in total. The van der Waals surface area contributed by atoms with Gasteiger partial charge in [0.15, 0.2) is 0 Å². The molecular weight excluding hydrogens is 260 g/mol. The number of morpholine rings is 1. The van der Waals surface area contributed by atoms with Crippen molar-refractivity contribution in [2.24, 2.45) is 5.41 Å². The predicted molar refractivity (Wildman–Crippen MR) is 89.7 cm³/mol. The van der Waals surface area contributed by atoms with Crippen molar-refractivity contribution in [1.29, 1.82) is 0 Å². The zero-order valence-corrected chi connectivity index (χ0v) is 15.1. The number of hydrogen-bond acceptors (Lipinski definition) is 3. The third kappa shape index (κ3) is 4.94. The van der Waals surface area contributed by atoms with Crippen molar-refractivity contribution >= 4 is 0 Å². The first kappa shape index (κ1) is 17.2. The highest BCUT2D eigenvalue weighted by Gasteiger charge is 2.42. The molecule has 0 aromatic heterocycles. The molecule has 3 heteroatoms. The fraction of sp³-hybridized carbons (Fsp3) is 1.00. The lowest BCUT2D eigenvalue weighted by Crippen LogP contribution is -2.59. The maximum atomic E-state index is 6.23. The maximum Gasteiger partial charge on any atom is 0.0760 e. The van der Waals surface area contributed by atoms with Gasteiger partial charge in [0.05, 0.1) is 11.2 Å². The Balaban J connectivity index is 2.02. The van der Waals surface area contributed by atoms with Crippen molar-refractivity contribution in [1.82, 2.24) is 10.2 Å². The summed E-state index contributed by atoms with van der Waals surface area (Å²) in [4.78, 5) is 2.66. The van der Waals surface area contributed by atoms with Gasteiger partial charge in [0, 0.05) is 32.2 Å². The summed E-state index contributed by atoms with van der Waals surface area (Å²) in [5.74, 6) is 0. The van der Waals surface area contributed by atoms with Crippen LogP contribution in [0.2, 0.25) is 0 Å². The van der Waals surface area contributed by atoms with Crippen molar-refractivity contribution in [2.75, 3.05) is 26.2 Å². The molecular formula is C18H36N2O. The van der Waals surface area contributed by atoms with Crippen LogP contribution in [0.3, 0.4) is 0 Å². The fourth-order valence-electron chi connectivity index (χ4n) is 4.47. The quantitative estimate of drug-likeness (QED) is 0.841. The number of rotatable bonds is 5. The monoisotopic (exact) mass is 296 g/mol. The van der Waals surface area contributed by atoms with E-state index in [9.17, 15) is 0 Å². The summed E-state index contributed by atoms with van der Waals surface area (Å²) >= 11 is 0. The Morgan fingerprint density at radius 1 is 1.00 bits per heavy atom. The van der Waals surface area contributed by atoms with Gasteiger partial charge in [-0.1, -0.05) is 26.7 Å². The van der Waals surface area contributed by atoms with E-state index in [1.807, 2.05) is 0 Å². The summed E-state index contributed by atoms with van der Waals surface area (Å²) in [6.07, 6.45) is 5.56. The van der Waals surface area contributed by atoms with Crippen LogP contribution in [0, 0.1) is 5.41 Å². The van der Waals surface area contributed by atoms with E-state index in [2.05, 4.69) is 51.8 Å². The second-order valence-electron chi connectivity index (χ2n) is 9.01. The molecule has 0 radical (unpaired) electrons. The van der Waals surface area contributed by atoms with Gasteiger partial charge in [-0.25, -0.2) is 0 Å². The second kappa shape index (κ2) is 6.17. The normalized spacial score (nSPS) is 28.1. The molecule has 0 spiro atoms. The largest absolute Gasteiger partial charge is 0.367 e. The van der Waals surface area contributed by atoms with E-state index < -0.39 is 0 Å². The summed E-state index contributed by atoms with van der Waals surface area (Å²) in [6.45, 7) is 17.9. The van der Waals surface area contributed by atoms with E-state index in [-0.39, 0.29) is 11.2 Å². The Kier molecular flexibility index (Phi) is 5.07. The minimum Gasteiger partial charge on any atom is -0.367 e. The molecule has 3 nitrogen and oxygen atoms in total. The first-order valence-electron chi connectivity index (χ1n) is 8.78. The number of nitrogens with one attached hydrogen (secondary N) is 1. The van der Waals surface area contributed by atoms with Crippen molar-refractivity contribution in [3.05, 3.63) is 0 Å². The zero-order valence-electron chi connectivity index (χ0n) is 15.1. The lowest BCUT2D eigenvalue weighted by Gasteiger charge is -2.49. The third-order valence-corrected chi connectivity index (χ3v) is 4.87. The first-order chi connectivity index (χ1) is 9.62. The van der Waals surface area contributed by atoms with Crippen LogP contribution in [0.25, 0.3) is 0 Å². The first-order valence-corrected chi connectivity index (χ1v) is 8.78. The zero-order chi connectivity index (χ0) is 15.7. The lowest BCUT2D eigenvalue weighted by atomic mass is 9.84. The molecule has 1 aliphatic heterocycles. The fourth-order valence-corrected chi connectivity index (χ4v) is 4.47. The molecule has 124 valence electrons.